The summed E-state index contributed by atoms with van der Waals surface area (Å²) in [6.07, 6.45) is 5.17. The number of hydrogen-bond acceptors (Lipinski definition) is 7. The predicted molar refractivity (Wildman–Crippen MR) is 88.3 cm³/mol. The molecule has 0 radical (unpaired) electrons. The molecule has 8 heteroatoms. The maximum Gasteiger partial charge on any atom is 0.353 e. The molecule has 0 aliphatic carbocycles. The van der Waals surface area contributed by atoms with Gasteiger partial charge in [0.1, 0.15) is 6.33 Å². The van der Waals surface area contributed by atoms with Crippen molar-refractivity contribution >= 4 is 29.1 Å². The first-order chi connectivity index (χ1) is 10.1. The summed E-state index contributed by atoms with van der Waals surface area (Å²) >= 11 is 1.72. The highest BCUT2D eigenvalue weighted by molar-refractivity contribution is 7.98. The molecule has 21 heavy (non-hydrogen) atoms. The molecule has 1 aromatic rings. The zero-order valence-electron chi connectivity index (χ0n) is 13.0. The van der Waals surface area contributed by atoms with Crippen LogP contribution in [0.25, 0.3) is 0 Å². The number of nitrogens with zero attached hydrogens (tertiary/aromatic N) is 4. The Hall–Kier alpha value is -1.57. The molecule has 0 saturated heterocycles. The van der Waals surface area contributed by atoms with Crippen LogP contribution in [0.5, 0.6) is 0 Å². The number of rotatable bonds is 9. The topological polar surface area (TPSA) is 84.2 Å². The summed E-state index contributed by atoms with van der Waals surface area (Å²) in [5, 5.41) is 14.4. The van der Waals surface area contributed by atoms with Gasteiger partial charge in [-0.25, -0.2) is 9.97 Å². The lowest BCUT2D eigenvalue weighted by Gasteiger charge is -2.27. The van der Waals surface area contributed by atoms with Crippen LogP contribution in [0.4, 0.5) is 17.3 Å². The molecule has 0 aromatic carbocycles. The van der Waals surface area contributed by atoms with Gasteiger partial charge in [-0.1, -0.05) is 13.8 Å². The Labute approximate surface area is 129 Å². The highest BCUT2D eigenvalue weighted by atomic mass is 32.2. The van der Waals surface area contributed by atoms with Gasteiger partial charge in [-0.3, -0.25) is 10.1 Å². The summed E-state index contributed by atoms with van der Waals surface area (Å²) in [5.74, 6) is 1.55. The van der Waals surface area contributed by atoms with Gasteiger partial charge in [-0.15, -0.1) is 0 Å². The monoisotopic (exact) mass is 313 g/mol. The third-order valence-electron chi connectivity index (χ3n) is 3.24. The fraction of sp³-hybridized carbons (Fsp3) is 0.692. The van der Waals surface area contributed by atoms with E-state index in [1.807, 2.05) is 25.1 Å². The van der Waals surface area contributed by atoms with Gasteiger partial charge in [-0.05, 0) is 19.1 Å². The first-order valence-electron chi connectivity index (χ1n) is 7.01. The second-order valence-electron chi connectivity index (χ2n) is 4.71. The third kappa shape index (κ3) is 4.45. The number of thioether (sulfide) groups is 1. The van der Waals surface area contributed by atoms with Gasteiger partial charge in [0.05, 0.1) is 4.92 Å². The molecule has 7 nitrogen and oxygen atoms in total. The van der Waals surface area contributed by atoms with Crippen molar-refractivity contribution in [3.63, 3.8) is 0 Å². The average molecular weight is 313 g/mol. The Bertz CT molecular complexity index is 472. The van der Waals surface area contributed by atoms with Crippen molar-refractivity contribution in [1.82, 2.24) is 9.97 Å². The van der Waals surface area contributed by atoms with Crippen LogP contribution in [-0.4, -0.2) is 46.5 Å². The van der Waals surface area contributed by atoms with E-state index in [1.165, 1.54) is 6.33 Å². The first kappa shape index (κ1) is 17.5. The van der Waals surface area contributed by atoms with E-state index in [-0.39, 0.29) is 17.5 Å². The van der Waals surface area contributed by atoms with Crippen molar-refractivity contribution in [1.29, 1.82) is 0 Å². The Morgan fingerprint density at radius 3 is 2.71 bits per heavy atom. The molecular weight excluding hydrogens is 290 g/mol. The lowest BCUT2D eigenvalue weighted by molar-refractivity contribution is -0.383. The van der Waals surface area contributed by atoms with Crippen molar-refractivity contribution in [3.05, 3.63) is 16.4 Å². The van der Waals surface area contributed by atoms with Crippen LogP contribution in [0.1, 0.15) is 26.7 Å². The molecule has 1 unspecified atom stereocenters. The number of nitrogens with one attached hydrogen (secondary N) is 1. The van der Waals surface area contributed by atoms with E-state index in [0.717, 1.165) is 18.6 Å². The molecule has 0 amide bonds. The van der Waals surface area contributed by atoms with Crippen LogP contribution in [0.2, 0.25) is 0 Å². The zero-order chi connectivity index (χ0) is 15.8. The molecule has 0 aliphatic heterocycles. The molecular formula is C13H23N5O2S. The van der Waals surface area contributed by atoms with Gasteiger partial charge in [0.15, 0.2) is 0 Å². The van der Waals surface area contributed by atoms with E-state index < -0.39 is 4.92 Å². The lowest BCUT2D eigenvalue weighted by atomic mass is 10.2. The van der Waals surface area contributed by atoms with Gasteiger partial charge in [0.2, 0.25) is 11.6 Å². The summed E-state index contributed by atoms with van der Waals surface area (Å²) < 4.78 is 0. The van der Waals surface area contributed by atoms with E-state index in [0.29, 0.717) is 12.4 Å². The maximum atomic E-state index is 11.4. The van der Waals surface area contributed by atoms with Gasteiger partial charge < -0.3 is 10.2 Å². The number of aromatic nitrogens is 2. The van der Waals surface area contributed by atoms with E-state index in [4.69, 9.17) is 0 Å². The second-order valence-corrected chi connectivity index (χ2v) is 5.62. The molecule has 0 spiro atoms. The van der Waals surface area contributed by atoms with Gasteiger partial charge in [0, 0.05) is 25.4 Å². The van der Waals surface area contributed by atoms with Crippen LogP contribution >= 0.6 is 11.8 Å². The Morgan fingerprint density at radius 2 is 2.19 bits per heavy atom. The fourth-order valence-electron chi connectivity index (χ4n) is 2.04. The van der Waals surface area contributed by atoms with Crippen molar-refractivity contribution in [2.24, 2.45) is 0 Å². The maximum absolute atomic E-state index is 11.4. The highest BCUT2D eigenvalue weighted by Crippen LogP contribution is 2.32. The average Bonchev–Trinajstić information content (AvgIpc) is 2.49. The van der Waals surface area contributed by atoms with Crippen LogP contribution in [0.3, 0.4) is 0 Å². The number of nitro groups is 1. The Kier molecular flexibility index (Phi) is 7.21. The predicted octanol–water partition coefficient (Wildman–Crippen LogP) is 2.78. The largest absolute Gasteiger partial charge is 0.364 e. The molecule has 1 rings (SSSR count). The molecule has 0 aliphatic rings. The third-order valence-corrected chi connectivity index (χ3v) is 3.96. The molecule has 1 N–H and O–H groups in total. The summed E-state index contributed by atoms with van der Waals surface area (Å²) in [5.41, 5.74) is -0.0481. The van der Waals surface area contributed by atoms with Gasteiger partial charge in [0.25, 0.3) is 0 Å². The minimum atomic E-state index is -0.407. The minimum Gasteiger partial charge on any atom is -0.364 e. The lowest BCUT2D eigenvalue weighted by Crippen LogP contribution is -2.34. The van der Waals surface area contributed by atoms with Crippen molar-refractivity contribution in [2.75, 3.05) is 35.8 Å². The molecule has 1 atom stereocenters. The SMILES string of the molecule is CCCNc1ncnc(N(C)C(CC)CSC)c1[N+](=O)[O-]. The smallest absolute Gasteiger partial charge is 0.353 e. The molecule has 0 fully saturated rings. The summed E-state index contributed by atoms with van der Waals surface area (Å²) in [6, 6.07) is 0.202. The molecule has 0 saturated carbocycles. The molecule has 0 bridgehead atoms. The quantitative estimate of drug-likeness (QED) is 0.554. The van der Waals surface area contributed by atoms with Crippen molar-refractivity contribution < 1.29 is 4.92 Å². The Morgan fingerprint density at radius 1 is 1.48 bits per heavy atom. The summed E-state index contributed by atoms with van der Waals surface area (Å²) in [6.45, 7) is 4.71. The minimum absolute atomic E-state index is 0.0481. The van der Waals surface area contributed by atoms with Crippen LogP contribution < -0.4 is 10.2 Å². The molecule has 118 valence electrons. The van der Waals surface area contributed by atoms with Crippen molar-refractivity contribution in [2.45, 2.75) is 32.7 Å². The van der Waals surface area contributed by atoms with Crippen LogP contribution in [0, 0.1) is 10.1 Å². The highest BCUT2D eigenvalue weighted by Gasteiger charge is 2.27. The van der Waals surface area contributed by atoms with E-state index in [1.54, 1.807) is 11.8 Å². The standard InChI is InChI=1S/C13H23N5O2S/c1-5-7-14-12-11(18(19)20)13(16-9-15-12)17(3)10(6-2)8-21-4/h9-10H,5-8H2,1-4H3,(H,14,15,16). The van der Waals surface area contributed by atoms with Gasteiger partial charge >= 0.3 is 5.69 Å². The molecule has 1 aromatic heterocycles. The fourth-order valence-corrected chi connectivity index (χ4v) is 2.88. The number of anilines is 2. The normalized spacial score (nSPS) is 12.0. The van der Waals surface area contributed by atoms with E-state index in [2.05, 4.69) is 22.2 Å². The van der Waals surface area contributed by atoms with Crippen LogP contribution in [-0.2, 0) is 0 Å². The summed E-state index contributed by atoms with van der Waals surface area (Å²) in [4.78, 5) is 21.1. The number of hydrogen-bond donors (Lipinski definition) is 1. The summed E-state index contributed by atoms with van der Waals surface area (Å²) in [7, 11) is 1.85. The van der Waals surface area contributed by atoms with Crippen molar-refractivity contribution in [3.8, 4) is 0 Å². The van der Waals surface area contributed by atoms with E-state index in [9.17, 15) is 10.1 Å². The van der Waals surface area contributed by atoms with Gasteiger partial charge in [-0.2, -0.15) is 11.8 Å². The van der Waals surface area contributed by atoms with Crippen LogP contribution in [0.15, 0.2) is 6.33 Å². The zero-order valence-corrected chi connectivity index (χ0v) is 13.8. The molecule has 1 heterocycles. The first-order valence-corrected chi connectivity index (χ1v) is 8.41. The Balaban J connectivity index is 3.18. The second kappa shape index (κ2) is 8.66. The van der Waals surface area contributed by atoms with E-state index >= 15 is 0 Å².